The van der Waals surface area contributed by atoms with Gasteiger partial charge in [0.25, 0.3) is 5.91 Å². The van der Waals surface area contributed by atoms with E-state index in [0.29, 0.717) is 23.4 Å². The van der Waals surface area contributed by atoms with Gasteiger partial charge in [-0.25, -0.2) is 9.78 Å². The maximum atomic E-state index is 12.4. The highest BCUT2D eigenvalue weighted by molar-refractivity contribution is 5.97. The number of carboxylic acid groups (broad SMARTS) is 1. The molecule has 0 radical (unpaired) electrons. The van der Waals surface area contributed by atoms with Gasteiger partial charge in [-0.15, -0.1) is 0 Å². The van der Waals surface area contributed by atoms with E-state index in [0.717, 1.165) is 6.42 Å². The summed E-state index contributed by atoms with van der Waals surface area (Å²) in [5.41, 5.74) is 1.23. The first-order valence-corrected chi connectivity index (χ1v) is 6.83. The fourth-order valence-electron chi connectivity index (χ4n) is 2.79. The van der Waals surface area contributed by atoms with Crippen LogP contribution in [0.3, 0.4) is 0 Å². The molecule has 0 bridgehead atoms. The Morgan fingerprint density at radius 2 is 2.10 bits per heavy atom. The molecule has 21 heavy (non-hydrogen) atoms. The van der Waals surface area contributed by atoms with E-state index < -0.39 is 5.97 Å². The number of benzene rings is 1. The van der Waals surface area contributed by atoms with Crippen LogP contribution in [-0.2, 0) is 5.54 Å². The van der Waals surface area contributed by atoms with Crippen LogP contribution in [-0.4, -0.2) is 45.0 Å². The van der Waals surface area contributed by atoms with Gasteiger partial charge in [0.15, 0.2) is 0 Å². The first kappa shape index (κ1) is 13.6. The Labute approximate surface area is 122 Å². The minimum absolute atomic E-state index is 0.131. The predicted octanol–water partition coefficient (Wildman–Crippen LogP) is 1.95. The van der Waals surface area contributed by atoms with Crippen molar-refractivity contribution in [1.82, 2.24) is 14.5 Å². The largest absolute Gasteiger partial charge is 0.478 e. The van der Waals surface area contributed by atoms with Crippen LogP contribution < -0.4 is 0 Å². The van der Waals surface area contributed by atoms with Gasteiger partial charge >= 0.3 is 5.97 Å². The molecule has 1 aromatic carbocycles. The van der Waals surface area contributed by atoms with Crippen molar-refractivity contribution >= 4 is 22.9 Å². The Morgan fingerprint density at radius 1 is 1.38 bits per heavy atom. The fraction of sp³-hybridized carbons (Fsp3) is 0.400. The van der Waals surface area contributed by atoms with Crippen molar-refractivity contribution < 1.29 is 14.7 Å². The van der Waals surface area contributed by atoms with Gasteiger partial charge in [0.2, 0.25) is 5.82 Å². The number of aromatic carboxylic acids is 1. The Kier molecular flexibility index (Phi) is 2.79. The average molecular weight is 287 g/mol. The van der Waals surface area contributed by atoms with Crippen molar-refractivity contribution in [1.29, 1.82) is 0 Å². The van der Waals surface area contributed by atoms with Gasteiger partial charge in [-0.3, -0.25) is 4.79 Å². The monoisotopic (exact) mass is 287 g/mol. The zero-order valence-electron chi connectivity index (χ0n) is 12.3. The summed E-state index contributed by atoms with van der Waals surface area (Å²) in [4.78, 5) is 29.7. The average Bonchev–Trinajstić information content (AvgIpc) is 2.79. The highest BCUT2D eigenvalue weighted by Gasteiger charge is 2.34. The number of amides is 1. The molecule has 0 atom stereocenters. The minimum atomic E-state index is -0.984. The summed E-state index contributed by atoms with van der Waals surface area (Å²) in [6, 6.07) is 4.76. The molecule has 1 aromatic heterocycles. The van der Waals surface area contributed by atoms with Gasteiger partial charge in [0.1, 0.15) is 0 Å². The van der Waals surface area contributed by atoms with Crippen LogP contribution in [0.15, 0.2) is 18.2 Å². The Balaban J connectivity index is 2.35. The molecule has 6 nitrogen and oxygen atoms in total. The molecule has 0 aliphatic carbocycles. The van der Waals surface area contributed by atoms with Crippen molar-refractivity contribution in [2.24, 2.45) is 0 Å². The molecule has 0 saturated heterocycles. The summed E-state index contributed by atoms with van der Waals surface area (Å²) >= 11 is 0. The fourth-order valence-corrected chi connectivity index (χ4v) is 2.79. The highest BCUT2D eigenvalue weighted by atomic mass is 16.4. The van der Waals surface area contributed by atoms with Crippen LogP contribution in [0.25, 0.3) is 11.0 Å². The Bertz CT molecular complexity index is 761. The molecule has 3 rings (SSSR count). The van der Waals surface area contributed by atoms with Gasteiger partial charge in [-0.2, -0.15) is 0 Å². The first-order chi connectivity index (χ1) is 9.81. The van der Waals surface area contributed by atoms with E-state index in [-0.39, 0.29) is 17.0 Å². The van der Waals surface area contributed by atoms with Crippen molar-refractivity contribution in [3.63, 3.8) is 0 Å². The van der Waals surface area contributed by atoms with E-state index in [1.54, 1.807) is 24.1 Å². The van der Waals surface area contributed by atoms with Gasteiger partial charge in [0.05, 0.1) is 16.6 Å². The molecule has 0 unspecified atom stereocenters. The molecule has 1 amide bonds. The van der Waals surface area contributed by atoms with Crippen LogP contribution in [0.1, 0.15) is 41.2 Å². The van der Waals surface area contributed by atoms with E-state index in [2.05, 4.69) is 4.98 Å². The molecule has 1 aliphatic rings. The first-order valence-electron chi connectivity index (χ1n) is 6.83. The van der Waals surface area contributed by atoms with Gasteiger partial charge in [-0.1, -0.05) is 0 Å². The van der Waals surface area contributed by atoms with Crippen LogP contribution in [0.4, 0.5) is 0 Å². The molecule has 2 aromatic rings. The van der Waals surface area contributed by atoms with Crippen molar-refractivity contribution in [3.05, 3.63) is 29.6 Å². The van der Waals surface area contributed by atoms with Crippen molar-refractivity contribution in [2.75, 3.05) is 13.6 Å². The maximum Gasteiger partial charge on any atom is 0.335 e. The summed E-state index contributed by atoms with van der Waals surface area (Å²) in [7, 11) is 1.76. The lowest BCUT2D eigenvalue weighted by molar-refractivity contribution is 0.0696. The third kappa shape index (κ3) is 1.98. The second-order valence-corrected chi connectivity index (χ2v) is 6.07. The topological polar surface area (TPSA) is 75.4 Å². The van der Waals surface area contributed by atoms with E-state index in [1.165, 1.54) is 6.07 Å². The molecule has 110 valence electrons. The molecular formula is C15H17N3O3. The van der Waals surface area contributed by atoms with E-state index in [9.17, 15) is 9.59 Å². The SMILES string of the molecule is CN1CCC(C)(C)n2c(nc3ccc(C(=O)O)cc32)C1=O. The third-order valence-corrected chi connectivity index (χ3v) is 4.10. The predicted molar refractivity (Wildman–Crippen MR) is 77.6 cm³/mol. The molecule has 0 fully saturated rings. The van der Waals surface area contributed by atoms with Crippen molar-refractivity contribution in [2.45, 2.75) is 25.8 Å². The minimum Gasteiger partial charge on any atom is -0.478 e. The molecule has 1 aliphatic heterocycles. The Hall–Kier alpha value is -2.37. The third-order valence-electron chi connectivity index (χ3n) is 4.10. The smallest absolute Gasteiger partial charge is 0.335 e. The second kappa shape index (κ2) is 4.31. The van der Waals surface area contributed by atoms with Gasteiger partial charge in [0, 0.05) is 19.1 Å². The number of imidazole rings is 1. The zero-order chi connectivity index (χ0) is 15.4. The standard InChI is InChI=1S/C15H17N3O3/c1-15(2)6-7-17(3)13(19)12-16-10-5-4-9(14(20)21)8-11(10)18(12)15/h4-5,8H,6-7H2,1-3H3,(H,20,21). The van der Waals surface area contributed by atoms with E-state index in [4.69, 9.17) is 5.11 Å². The summed E-state index contributed by atoms with van der Waals surface area (Å²) < 4.78 is 1.88. The normalized spacial score (nSPS) is 17.7. The number of carbonyl (C=O) groups excluding carboxylic acids is 1. The van der Waals surface area contributed by atoms with Crippen LogP contribution in [0.2, 0.25) is 0 Å². The number of hydrogen-bond acceptors (Lipinski definition) is 3. The lowest BCUT2D eigenvalue weighted by Gasteiger charge is -2.26. The summed E-state index contributed by atoms with van der Waals surface area (Å²) in [6.07, 6.45) is 0.783. The van der Waals surface area contributed by atoms with Gasteiger partial charge in [-0.05, 0) is 38.5 Å². The van der Waals surface area contributed by atoms with E-state index in [1.807, 2.05) is 18.4 Å². The maximum absolute atomic E-state index is 12.4. The lowest BCUT2D eigenvalue weighted by atomic mass is 10.00. The van der Waals surface area contributed by atoms with Gasteiger partial charge < -0.3 is 14.6 Å². The Morgan fingerprint density at radius 3 is 2.76 bits per heavy atom. The summed E-state index contributed by atoms with van der Waals surface area (Å²) in [5.74, 6) is -0.742. The number of hydrogen-bond donors (Lipinski definition) is 1. The molecule has 2 heterocycles. The summed E-state index contributed by atoms with van der Waals surface area (Å²) in [6.45, 7) is 4.73. The molecule has 0 saturated carbocycles. The van der Waals surface area contributed by atoms with Crippen molar-refractivity contribution in [3.8, 4) is 0 Å². The highest BCUT2D eigenvalue weighted by Crippen LogP contribution is 2.31. The molecule has 1 N–H and O–H groups in total. The number of nitrogens with zero attached hydrogens (tertiary/aromatic N) is 3. The van der Waals surface area contributed by atoms with Crippen LogP contribution in [0, 0.1) is 0 Å². The quantitative estimate of drug-likeness (QED) is 0.869. The van der Waals surface area contributed by atoms with E-state index >= 15 is 0 Å². The molecule has 0 spiro atoms. The number of carboxylic acids is 1. The second-order valence-electron chi connectivity index (χ2n) is 6.07. The number of rotatable bonds is 1. The number of aromatic nitrogens is 2. The zero-order valence-corrected chi connectivity index (χ0v) is 12.3. The molecular weight excluding hydrogens is 270 g/mol. The number of fused-ring (bicyclic) bond motifs is 3. The molecule has 6 heteroatoms. The number of carbonyl (C=O) groups is 2. The lowest BCUT2D eigenvalue weighted by Crippen LogP contribution is -2.27. The van der Waals surface area contributed by atoms with Crippen LogP contribution in [0.5, 0.6) is 0 Å². The van der Waals surface area contributed by atoms with Crippen LogP contribution >= 0.6 is 0 Å². The summed E-state index contributed by atoms with van der Waals surface area (Å²) in [5, 5.41) is 9.16.